The molecule has 0 aliphatic carbocycles. The monoisotopic (exact) mass is 313 g/mol. The quantitative estimate of drug-likeness (QED) is 0.707. The largest absolute Gasteiger partial charge is 0.478 e. The summed E-state index contributed by atoms with van der Waals surface area (Å²) in [5.41, 5.74) is 1.04. The molecule has 0 spiro atoms. The Morgan fingerprint density at radius 2 is 2.10 bits per heavy atom. The average Bonchev–Trinajstić information content (AvgIpc) is 2.47. The van der Waals surface area contributed by atoms with Crippen LogP contribution in [-0.4, -0.2) is 57.4 Å². The van der Waals surface area contributed by atoms with Crippen LogP contribution in [0.25, 0.3) is 0 Å². The van der Waals surface area contributed by atoms with Gasteiger partial charge in [-0.05, 0) is 25.3 Å². The molecule has 0 radical (unpaired) electrons. The molecule has 6 heteroatoms. The third kappa shape index (κ3) is 4.62. The number of hydrogen-bond acceptors (Lipinski definition) is 5. The molecule has 1 N–H and O–H groups in total. The highest BCUT2D eigenvalue weighted by Gasteiger charge is 2.22. The van der Waals surface area contributed by atoms with Crippen LogP contribution in [0.2, 0.25) is 0 Å². The van der Waals surface area contributed by atoms with Crippen LogP contribution in [0, 0.1) is 0 Å². The van der Waals surface area contributed by atoms with Crippen LogP contribution in [0.4, 0.5) is 5.69 Å². The number of thioether (sulfide) groups is 1. The van der Waals surface area contributed by atoms with Gasteiger partial charge in [0.25, 0.3) is 0 Å². The van der Waals surface area contributed by atoms with Gasteiger partial charge in [-0.2, -0.15) is 0 Å². The highest BCUT2D eigenvalue weighted by Crippen LogP contribution is 2.30. The zero-order valence-electron chi connectivity index (χ0n) is 13.0. The number of benzene rings is 1. The van der Waals surface area contributed by atoms with Gasteiger partial charge >= 0.3 is 5.97 Å². The Balaban J connectivity index is 3.25. The molecular weight excluding hydrogens is 290 g/mol. The minimum Gasteiger partial charge on any atom is -0.478 e. The molecule has 0 heterocycles. The summed E-state index contributed by atoms with van der Waals surface area (Å²) >= 11 is 1.43. The van der Waals surface area contributed by atoms with Gasteiger partial charge in [-0.25, -0.2) is 4.79 Å². The van der Waals surface area contributed by atoms with Crippen molar-refractivity contribution in [1.29, 1.82) is 0 Å². The first-order chi connectivity index (χ1) is 10.1. The number of carbonyl (C=O) groups is 1. The van der Waals surface area contributed by atoms with E-state index < -0.39 is 5.97 Å². The van der Waals surface area contributed by atoms with Crippen molar-refractivity contribution in [3.05, 3.63) is 23.8 Å². The zero-order valence-corrected chi connectivity index (χ0v) is 13.8. The number of nitrogens with zero attached hydrogens (tertiary/aromatic N) is 1. The van der Waals surface area contributed by atoms with Gasteiger partial charge in [0.05, 0.1) is 24.5 Å². The van der Waals surface area contributed by atoms with Crippen LogP contribution < -0.4 is 4.90 Å². The van der Waals surface area contributed by atoms with Crippen LogP contribution in [0.1, 0.15) is 17.3 Å². The summed E-state index contributed by atoms with van der Waals surface area (Å²) in [5, 5.41) is 9.56. The number of methoxy groups -OCH3 is 2. The Bertz CT molecular complexity index is 467. The van der Waals surface area contributed by atoms with Crippen molar-refractivity contribution < 1.29 is 19.4 Å². The van der Waals surface area contributed by atoms with E-state index in [1.165, 1.54) is 11.8 Å². The third-order valence-electron chi connectivity index (χ3n) is 3.22. The van der Waals surface area contributed by atoms with Crippen LogP contribution in [0.15, 0.2) is 23.1 Å². The fourth-order valence-electron chi connectivity index (χ4n) is 2.24. The minimum atomic E-state index is -0.915. The van der Waals surface area contributed by atoms with Gasteiger partial charge in [-0.1, -0.05) is 6.07 Å². The van der Waals surface area contributed by atoms with Gasteiger partial charge in [-0.3, -0.25) is 0 Å². The van der Waals surface area contributed by atoms with Crippen molar-refractivity contribution in [2.45, 2.75) is 17.9 Å². The molecule has 0 fully saturated rings. The summed E-state index contributed by atoms with van der Waals surface area (Å²) < 4.78 is 10.4. The van der Waals surface area contributed by atoms with Crippen molar-refractivity contribution in [3.8, 4) is 0 Å². The maximum Gasteiger partial charge on any atom is 0.338 e. The van der Waals surface area contributed by atoms with Crippen molar-refractivity contribution in [2.24, 2.45) is 0 Å². The first kappa shape index (κ1) is 17.8. The summed E-state index contributed by atoms with van der Waals surface area (Å²) in [6.45, 7) is 3.67. The molecule has 0 aliphatic heterocycles. The lowest BCUT2D eigenvalue weighted by Gasteiger charge is -2.32. The molecule has 0 saturated heterocycles. The molecular formula is C15H23NO4S. The maximum absolute atomic E-state index is 11.7. The number of aromatic carboxylic acids is 1. The maximum atomic E-state index is 11.7. The van der Waals surface area contributed by atoms with Gasteiger partial charge < -0.3 is 19.5 Å². The molecule has 0 bridgehead atoms. The number of ether oxygens (including phenoxy) is 2. The van der Waals surface area contributed by atoms with Crippen LogP contribution >= 0.6 is 11.8 Å². The van der Waals surface area contributed by atoms with E-state index in [1.807, 2.05) is 36.3 Å². The fraction of sp³-hybridized carbons (Fsp3) is 0.533. The molecule has 1 atom stereocenters. The normalized spacial score (nSPS) is 12.2. The van der Waals surface area contributed by atoms with E-state index in [9.17, 15) is 9.90 Å². The summed E-state index contributed by atoms with van der Waals surface area (Å²) in [6.07, 6.45) is 1.88. The fourth-order valence-corrected chi connectivity index (χ4v) is 2.85. The molecule has 1 rings (SSSR count). The zero-order chi connectivity index (χ0) is 15.8. The Morgan fingerprint density at radius 1 is 1.38 bits per heavy atom. The second-order valence-electron chi connectivity index (χ2n) is 4.65. The van der Waals surface area contributed by atoms with E-state index in [4.69, 9.17) is 9.47 Å². The van der Waals surface area contributed by atoms with E-state index >= 15 is 0 Å². The van der Waals surface area contributed by atoms with E-state index in [-0.39, 0.29) is 6.04 Å². The predicted octanol–water partition coefficient (Wildman–Crippen LogP) is 2.59. The molecule has 0 aliphatic rings. The van der Waals surface area contributed by atoms with E-state index in [0.29, 0.717) is 31.0 Å². The molecule has 1 aromatic rings. The SMILES string of the molecule is COCCN(c1cccc(SC)c1C(=O)O)C(C)COC. The molecule has 0 aromatic heterocycles. The van der Waals surface area contributed by atoms with Crippen molar-refractivity contribution in [1.82, 2.24) is 0 Å². The highest BCUT2D eigenvalue weighted by molar-refractivity contribution is 7.98. The summed E-state index contributed by atoms with van der Waals surface area (Å²) in [7, 11) is 3.27. The topological polar surface area (TPSA) is 59.0 Å². The van der Waals surface area contributed by atoms with Gasteiger partial charge in [0.15, 0.2) is 0 Å². The first-order valence-corrected chi connectivity index (χ1v) is 7.94. The average molecular weight is 313 g/mol. The van der Waals surface area contributed by atoms with Gasteiger partial charge in [0.2, 0.25) is 0 Å². The first-order valence-electron chi connectivity index (χ1n) is 6.71. The Morgan fingerprint density at radius 3 is 2.62 bits per heavy atom. The number of carboxylic acid groups (broad SMARTS) is 1. The molecule has 5 nitrogen and oxygen atoms in total. The van der Waals surface area contributed by atoms with Gasteiger partial charge in [0, 0.05) is 31.7 Å². The molecule has 118 valence electrons. The lowest BCUT2D eigenvalue weighted by molar-refractivity contribution is 0.0693. The number of anilines is 1. The van der Waals surface area contributed by atoms with E-state index in [1.54, 1.807) is 14.2 Å². The number of carboxylic acids is 1. The van der Waals surface area contributed by atoms with Crippen molar-refractivity contribution >= 4 is 23.4 Å². The number of rotatable bonds is 9. The van der Waals surface area contributed by atoms with Crippen molar-refractivity contribution in [3.63, 3.8) is 0 Å². The molecule has 21 heavy (non-hydrogen) atoms. The summed E-state index contributed by atoms with van der Waals surface area (Å²) in [6, 6.07) is 5.60. The van der Waals surface area contributed by atoms with Crippen molar-refractivity contribution in [2.75, 3.05) is 45.1 Å². The van der Waals surface area contributed by atoms with Gasteiger partial charge in [0.1, 0.15) is 0 Å². The summed E-state index contributed by atoms with van der Waals surface area (Å²) in [5.74, 6) is -0.915. The second kappa shape index (κ2) is 8.92. The Labute approximate surface area is 130 Å². The van der Waals surface area contributed by atoms with E-state index in [2.05, 4.69) is 0 Å². The van der Waals surface area contributed by atoms with E-state index in [0.717, 1.165) is 4.90 Å². The smallest absolute Gasteiger partial charge is 0.338 e. The molecule has 0 amide bonds. The molecule has 1 unspecified atom stereocenters. The Kier molecular flexibility index (Phi) is 7.56. The lowest BCUT2D eigenvalue weighted by Crippen LogP contribution is -2.39. The van der Waals surface area contributed by atoms with Gasteiger partial charge in [-0.15, -0.1) is 11.8 Å². The lowest BCUT2D eigenvalue weighted by atomic mass is 10.1. The predicted molar refractivity (Wildman–Crippen MR) is 85.7 cm³/mol. The highest BCUT2D eigenvalue weighted by atomic mass is 32.2. The van der Waals surface area contributed by atoms with Crippen LogP contribution in [-0.2, 0) is 9.47 Å². The standard InChI is InChI=1S/C15H23NO4S/c1-11(10-20-3)16(8-9-19-2)12-6-5-7-13(21-4)14(12)15(17)18/h5-7,11H,8-10H2,1-4H3,(H,17,18). The van der Waals surface area contributed by atoms with Crippen LogP contribution in [0.3, 0.4) is 0 Å². The van der Waals surface area contributed by atoms with Crippen LogP contribution in [0.5, 0.6) is 0 Å². The summed E-state index contributed by atoms with van der Waals surface area (Å²) in [4.78, 5) is 14.4. The molecule has 0 saturated carbocycles. The number of hydrogen-bond donors (Lipinski definition) is 1. The Hall–Kier alpha value is -1.24. The second-order valence-corrected chi connectivity index (χ2v) is 5.50. The minimum absolute atomic E-state index is 0.0559. The molecule has 1 aromatic carbocycles. The third-order valence-corrected chi connectivity index (χ3v) is 4.00.